The quantitative estimate of drug-likeness (QED) is 0.828. The highest BCUT2D eigenvalue weighted by Gasteiger charge is 2.18. The van der Waals surface area contributed by atoms with Crippen molar-refractivity contribution >= 4 is 11.4 Å². The Labute approximate surface area is 118 Å². The van der Waals surface area contributed by atoms with Crippen LogP contribution in [0.2, 0.25) is 0 Å². The predicted molar refractivity (Wildman–Crippen MR) is 79.7 cm³/mol. The number of piperidine rings is 1. The van der Waals surface area contributed by atoms with Crippen LogP contribution >= 0.6 is 0 Å². The van der Waals surface area contributed by atoms with Crippen LogP contribution in [0.5, 0.6) is 0 Å². The topological polar surface area (TPSA) is 63.8 Å². The van der Waals surface area contributed by atoms with E-state index in [-0.39, 0.29) is 5.82 Å². The predicted octanol–water partition coefficient (Wildman–Crippen LogP) is 2.58. The number of nitrogens with two attached hydrogens (primary N) is 1. The molecule has 0 radical (unpaired) electrons. The fraction of sp³-hybridized carbons (Fsp3) is 0.333. The van der Waals surface area contributed by atoms with Crippen molar-refractivity contribution in [3.8, 4) is 0 Å². The molecular formula is C15H19FN4. The molecule has 20 heavy (non-hydrogen) atoms. The molecule has 5 heteroatoms. The smallest absolute Gasteiger partial charge is 0.150 e. The highest BCUT2D eigenvalue weighted by Crippen LogP contribution is 2.26. The molecule has 0 bridgehead atoms. The third-order valence-corrected chi connectivity index (χ3v) is 3.34. The molecular weight excluding hydrogens is 255 g/mol. The van der Waals surface area contributed by atoms with Crippen LogP contribution in [0, 0.1) is 0 Å². The zero-order valence-corrected chi connectivity index (χ0v) is 11.4. The molecule has 1 aliphatic rings. The lowest BCUT2D eigenvalue weighted by Gasteiger charge is -2.22. The molecule has 0 spiro atoms. The van der Waals surface area contributed by atoms with Gasteiger partial charge in [0.2, 0.25) is 0 Å². The number of aromatic nitrogens is 2. The summed E-state index contributed by atoms with van der Waals surface area (Å²) in [5.74, 6) is 0.0194. The molecule has 0 saturated carbocycles. The summed E-state index contributed by atoms with van der Waals surface area (Å²) < 4.78 is 13.0. The zero-order chi connectivity index (χ0) is 14.5. The number of hydrogen-bond acceptors (Lipinski definition) is 4. The van der Waals surface area contributed by atoms with Gasteiger partial charge >= 0.3 is 0 Å². The number of nitrogen functional groups attached to an aromatic ring is 1. The van der Waals surface area contributed by atoms with Gasteiger partial charge in [-0.15, -0.1) is 0 Å². The van der Waals surface area contributed by atoms with Gasteiger partial charge in [-0.05, 0) is 25.5 Å². The Hall–Kier alpha value is -2.01. The van der Waals surface area contributed by atoms with Crippen LogP contribution in [0.3, 0.4) is 0 Å². The summed E-state index contributed by atoms with van der Waals surface area (Å²) in [7, 11) is 0. The summed E-state index contributed by atoms with van der Waals surface area (Å²) in [4.78, 5) is 8.72. The average molecular weight is 274 g/mol. The Morgan fingerprint density at radius 2 is 2.35 bits per heavy atom. The van der Waals surface area contributed by atoms with Crippen molar-refractivity contribution in [2.24, 2.45) is 0 Å². The van der Waals surface area contributed by atoms with Crippen molar-refractivity contribution in [2.45, 2.75) is 18.8 Å². The molecule has 0 amide bonds. The summed E-state index contributed by atoms with van der Waals surface area (Å²) in [6.07, 6.45) is 6.64. The first-order chi connectivity index (χ1) is 9.61. The molecule has 3 N–H and O–H groups in total. The molecule has 2 heterocycles. The van der Waals surface area contributed by atoms with Crippen molar-refractivity contribution in [3.05, 3.63) is 48.7 Å². The van der Waals surface area contributed by atoms with Gasteiger partial charge < -0.3 is 11.1 Å². The molecule has 4 nitrogen and oxygen atoms in total. The van der Waals surface area contributed by atoms with E-state index >= 15 is 0 Å². The molecule has 1 atom stereocenters. The second-order valence-corrected chi connectivity index (χ2v) is 4.82. The summed E-state index contributed by atoms with van der Waals surface area (Å²) in [6, 6.07) is 0. The third-order valence-electron chi connectivity index (χ3n) is 3.34. The van der Waals surface area contributed by atoms with Gasteiger partial charge in [-0.3, -0.25) is 0 Å². The van der Waals surface area contributed by atoms with E-state index in [1.165, 1.54) is 12.2 Å². The van der Waals surface area contributed by atoms with Crippen LogP contribution in [0.4, 0.5) is 10.2 Å². The average Bonchev–Trinajstić information content (AvgIpc) is 2.46. The van der Waals surface area contributed by atoms with Gasteiger partial charge in [0, 0.05) is 18.0 Å². The number of nitrogens with one attached hydrogen (secondary N) is 1. The Bertz CT molecular complexity index is 545. The minimum Gasteiger partial charge on any atom is -0.382 e. The van der Waals surface area contributed by atoms with Gasteiger partial charge in [0.25, 0.3) is 0 Å². The number of anilines is 1. The Morgan fingerprint density at radius 3 is 2.95 bits per heavy atom. The van der Waals surface area contributed by atoms with E-state index in [1.54, 1.807) is 6.20 Å². The van der Waals surface area contributed by atoms with Crippen LogP contribution in [0.1, 0.15) is 30.1 Å². The van der Waals surface area contributed by atoms with Crippen LogP contribution in [0.15, 0.2) is 37.3 Å². The number of nitrogens with zero attached hydrogens (tertiary/aromatic N) is 2. The summed E-state index contributed by atoms with van der Waals surface area (Å²) >= 11 is 0. The second-order valence-electron chi connectivity index (χ2n) is 4.82. The number of allylic oxidation sites excluding steroid dienone is 4. The molecule has 1 unspecified atom stereocenters. The Morgan fingerprint density at radius 1 is 1.55 bits per heavy atom. The maximum atomic E-state index is 13.0. The van der Waals surface area contributed by atoms with Crippen molar-refractivity contribution in [3.63, 3.8) is 0 Å². The monoisotopic (exact) mass is 274 g/mol. The summed E-state index contributed by atoms with van der Waals surface area (Å²) in [6.45, 7) is 8.79. The van der Waals surface area contributed by atoms with E-state index in [9.17, 15) is 4.39 Å². The molecule has 1 aliphatic heterocycles. The zero-order valence-electron chi connectivity index (χ0n) is 11.4. The standard InChI is InChI=1S/C15H19FN4/c1-3-11(7-10(2)16)14-15(17)19-9-13(20-14)12-5-4-6-18-8-12/h3,7,9,12,18H,1-2,4-6,8H2,(H2,17,19). The van der Waals surface area contributed by atoms with Gasteiger partial charge in [-0.1, -0.05) is 19.2 Å². The molecule has 1 fully saturated rings. The van der Waals surface area contributed by atoms with Gasteiger partial charge in [0.15, 0.2) is 0 Å². The maximum Gasteiger partial charge on any atom is 0.150 e. The second kappa shape index (κ2) is 6.43. The fourth-order valence-corrected chi connectivity index (χ4v) is 2.32. The molecule has 2 rings (SSSR count). The fourth-order valence-electron chi connectivity index (χ4n) is 2.32. The van der Waals surface area contributed by atoms with Crippen LogP contribution < -0.4 is 11.1 Å². The lowest BCUT2D eigenvalue weighted by atomic mass is 9.96. The number of hydrogen-bond donors (Lipinski definition) is 2. The number of rotatable bonds is 4. The van der Waals surface area contributed by atoms with E-state index in [0.717, 1.165) is 31.6 Å². The first-order valence-electron chi connectivity index (χ1n) is 6.64. The van der Waals surface area contributed by atoms with Crippen LogP contribution in [-0.4, -0.2) is 23.1 Å². The van der Waals surface area contributed by atoms with E-state index in [1.807, 2.05) is 0 Å². The molecule has 1 aromatic rings. The summed E-state index contributed by atoms with van der Waals surface area (Å²) in [5, 5.41) is 3.33. The van der Waals surface area contributed by atoms with Crippen LogP contribution in [0.25, 0.3) is 5.57 Å². The Kier molecular flexibility index (Phi) is 4.63. The lowest BCUT2D eigenvalue weighted by Crippen LogP contribution is -2.29. The molecule has 0 aliphatic carbocycles. The van der Waals surface area contributed by atoms with Gasteiger partial charge in [-0.25, -0.2) is 14.4 Å². The highest BCUT2D eigenvalue weighted by molar-refractivity contribution is 5.78. The number of halogens is 1. The SMILES string of the molecule is C=CC(=CC(=C)F)c1nc(C2CCCNC2)cnc1N. The lowest BCUT2D eigenvalue weighted by molar-refractivity contribution is 0.453. The molecule has 1 saturated heterocycles. The van der Waals surface area contributed by atoms with Gasteiger partial charge in [0.05, 0.1) is 11.9 Å². The first kappa shape index (κ1) is 14.4. The van der Waals surface area contributed by atoms with Gasteiger partial charge in [0.1, 0.15) is 17.3 Å². The van der Waals surface area contributed by atoms with Crippen molar-refractivity contribution < 1.29 is 4.39 Å². The molecule has 0 aromatic carbocycles. The summed E-state index contributed by atoms with van der Waals surface area (Å²) in [5.41, 5.74) is 7.67. The highest BCUT2D eigenvalue weighted by atomic mass is 19.1. The van der Waals surface area contributed by atoms with E-state index < -0.39 is 5.83 Å². The van der Waals surface area contributed by atoms with E-state index in [0.29, 0.717) is 17.2 Å². The van der Waals surface area contributed by atoms with Crippen molar-refractivity contribution in [2.75, 3.05) is 18.8 Å². The minimum atomic E-state index is -0.564. The minimum absolute atomic E-state index is 0.268. The van der Waals surface area contributed by atoms with Crippen LogP contribution in [-0.2, 0) is 0 Å². The third kappa shape index (κ3) is 3.30. The largest absolute Gasteiger partial charge is 0.382 e. The molecule has 106 valence electrons. The van der Waals surface area contributed by atoms with Gasteiger partial charge in [-0.2, -0.15) is 0 Å². The Balaban J connectivity index is 2.37. The van der Waals surface area contributed by atoms with E-state index in [4.69, 9.17) is 5.73 Å². The normalized spacial score (nSPS) is 19.6. The maximum absolute atomic E-state index is 13.0. The van der Waals surface area contributed by atoms with Crippen molar-refractivity contribution in [1.82, 2.24) is 15.3 Å². The molecule has 1 aromatic heterocycles. The van der Waals surface area contributed by atoms with E-state index in [2.05, 4.69) is 28.4 Å². The first-order valence-corrected chi connectivity index (χ1v) is 6.64. The van der Waals surface area contributed by atoms with Crippen molar-refractivity contribution in [1.29, 1.82) is 0 Å².